The van der Waals surface area contributed by atoms with Crippen molar-refractivity contribution in [1.82, 2.24) is 19.5 Å². The van der Waals surface area contributed by atoms with E-state index in [9.17, 15) is 0 Å². The number of para-hydroxylation sites is 1. The molecule has 0 saturated heterocycles. The van der Waals surface area contributed by atoms with E-state index in [1.807, 2.05) is 47.3 Å². The van der Waals surface area contributed by atoms with Gasteiger partial charge in [0.05, 0.1) is 18.6 Å². The fraction of sp³-hybridized carbons (Fsp3) is 0.0952. The molecule has 0 spiro atoms. The Kier molecular flexibility index (Phi) is 3.49. The van der Waals surface area contributed by atoms with Crippen LogP contribution in [0.1, 0.15) is 16.8 Å². The molecule has 0 bridgehead atoms. The number of aromatic nitrogens is 4. The standard InChI is InChI=1S/C21H16N4O/c1-2-6-15(7-3-1)11-25-14-24-20-18(22-13-23-21(20)25)10-16-12-26-19-9-5-4-8-17(16)19/h1-10,13-14H,11-12H2/b16-10+. The van der Waals surface area contributed by atoms with Crippen molar-refractivity contribution in [3.63, 3.8) is 0 Å². The third-order valence-electron chi connectivity index (χ3n) is 4.55. The van der Waals surface area contributed by atoms with Gasteiger partial charge in [0.1, 0.15) is 24.2 Å². The predicted molar refractivity (Wildman–Crippen MR) is 101 cm³/mol. The summed E-state index contributed by atoms with van der Waals surface area (Å²) in [6.07, 6.45) is 5.47. The van der Waals surface area contributed by atoms with Gasteiger partial charge in [-0.2, -0.15) is 0 Å². The summed E-state index contributed by atoms with van der Waals surface area (Å²) in [5.41, 5.74) is 5.89. The van der Waals surface area contributed by atoms with E-state index in [-0.39, 0.29) is 0 Å². The Bertz CT molecular complexity index is 1120. The van der Waals surface area contributed by atoms with E-state index in [0.29, 0.717) is 6.61 Å². The zero-order valence-electron chi connectivity index (χ0n) is 14.0. The Morgan fingerprint density at radius 2 is 1.81 bits per heavy atom. The van der Waals surface area contributed by atoms with E-state index in [2.05, 4.69) is 39.2 Å². The molecule has 0 fully saturated rings. The monoisotopic (exact) mass is 340 g/mol. The highest BCUT2D eigenvalue weighted by atomic mass is 16.5. The van der Waals surface area contributed by atoms with Gasteiger partial charge in [0.2, 0.25) is 0 Å². The quantitative estimate of drug-likeness (QED) is 0.569. The number of imidazole rings is 1. The minimum absolute atomic E-state index is 0.551. The second-order valence-electron chi connectivity index (χ2n) is 6.24. The summed E-state index contributed by atoms with van der Waals surface area (Å²) in [6.45, 7) is 1.28. The zero-order valence-corrected chi connectivity index (χ0v) is 14.0. The molecule has 1 aliphatic rings. The molecule has 1 aliphatic heterocycles. The highest BCUT2D eigenvalue weighted by Gasteiger charge is 2.18. The highest BCUT2D eigenvalue weighted by molar-refractivity contribution is 5.91. The van der Waals surface area contributed by atoms with Gasteiger partial charge in [0, 0.05) is 11.1 Å². The van der Waals surface area contributed by atoms with Crippen LogP contribution in [0, 0.1) is 0 Å². The van der Waals surface area contributed by atoms with Gasteiger partial charge >= 0.3 is 0 Å². The van der Waals surface area contributed by atoms with Crippen molar-refractivity contribution >= 4 is 22.8 Å². The number of rotatable bonds is 3. The van der Waals surface area contributed by atoms with Crippen molar-refractivity contribution in [3.05, 3.63) is 84.1 Å². The molecule has 0 amide bonds. The first-order valence-corrected chi connectivity index (χ1v) is 8.51. The molecule has 0 aliphatic carbocycles. The number of hydrogen-bond acceptors (Lipinski definition) is 4. The maximum absolute atomic E-state index is 5.74. The number of hydrogen-bond donors (Lipinski definition) is 0. The average molecular weight is 340 g/mol. The van der Waals surface area contributed by atoms with Crippen LogP contribution < -0.4 is 4.74 Å². The third kappa shape index (κ3) is 2.54. The van der Waals surface area contributed by atoms with Crippen LogP contribution in [-0.4, -0.2) is 26.1 Å². The Morgan fingerprint density at radius 3 is 2.73 bits per heavy atom. The number of ether oxygens (including phenoxy) is 1. The molecule has 0 N–H and O–H groups in total. The molecule has 5 nitrogen and oxygen atoms in total. The molecule has 126 valence electrons. The Morgan fingerprint density at radius 1 is 0.962 bits per heavy atom. The smallest absolute Gasteiger partial charge is 0.164 e. The second-order valence-corrected chi connectivity index (χ2v) is 6.24. The van der Waals surface area contributed by atoms with E-state index in [1.54, 1.807) is 6.33 Å². The number of benzene rings is 2. The predicted octanol–water partition coefficient (Wildman–Crippen LogP) is 3.81. The van der Waals surface area contributed by atoms with Gasteiger partial charge in [-0.05, 0) is 17.7 Å². The highest BCUT2D eigenvalue weighted by Crippen LogP contribution is 2.34. The Hall–Kier alpha value is -3.47. The lowest BCUT2D eigenvalue weighted by Gasteiger charge is -2.04. The lowest BCUT2D eigenvalue weighted by atomic mass is 10.1. The van der Waals surface area contributed by atoms with Crippen LogP contribution in [-0.2, 0) is 6.54 Å². The molecule has 3 heterocycles. The maximum atomic E-state index is 5.74. The summed E-state index contributed by atoms with van der Waals surface area (Å²) in [4.78, 5) is 13.5. The fourth-order valence-corrected chi connectivity index (χ4v) is 3.28. The lowest BCUT2D eigenvalue weighted by molar-refractivity contribution is 0.389. The fourth-order valence-electron chi connectivity index (χ4n) is 3.28. The number of nitrogens with zero attached hydrogens (tertiary/aromatic N) is 4. The van der Waals surface area contributed by atoms with E-state index >= 15 is 0 Å². The molecule has 0 saturated carbocycles. The molecule has 26 heavy (non-hydrogen) atoms. The van der Waals surface area contributed by atoms with Crippen molar-refractivity contribution in [2.45, 2.75) is 6.54 Å². The molecular formula is C21H16N4O. The number of fused-ring (bicyclic) bond motifs is 2. The van der Waals surface area contributed by atoms with E-state index < -0.39 is 0 Å². The SMILES string of the molecule is C(=C1/COc2ccccc21)/c1ncnc2c1ncn2Cc1ccccc1. The molecule has 4 aromatic rings. The molecule has 0 atom stereocenters. The van der Waals surface area contributed by atoms with Crippen molar-refractivity contribution < 1.29 is 4.74 Å². The van der Waals surface area contributed by atoms with Gasteiger partial charge in [-0.3, -0.25) is 0 Å². The topological polar surface area (TPSA) is 52.8 Å². The van der Waals surface area contributed by atoms with Gasteiger partial charge in [0.25, 0.3) is 0 Å². The Balaban J connectivity index is 1.55. The van der Waals surface area contributed by atoms with Crippen molar-refractivity contribution in [2.24, 2.45) is 0 Å². The van der Waals surface area contributed by atoms with Crippen molar-refractivity contribution in [3.8, 4) is 5.75 Å². The van der Waals surface area contributed by atoms with E-state index in [4.69, 9.17) is 4.74 Å². The minimum Gasteiger partial charge on any atom is -0.488 e. The van der Waals surface area contributed by atoms with E-state index in [0.717, 1.165) is 40.3 Å². The van der Waals surface area contributed by atoms with Crippen LogP contribution >= 0.6 is 0 Å². The third-order valence-corrected chi connectivity index (χ3v) is 4.55. The lowest BCUT2D eigenvalue weighted by Crippen LogP contribution is -1.99. The molecule has 2 aromatic heterocycles. The van der Waals surface area contributed by atoms with Crippen LogP contribution in [0.25, 0.3) is 22.8 Å². The molecule has 0 radical (unpaired) electrons. The summed E-state index contributed by atoms with van der Waals surface area (Å²) in [5, 5.41) is 0. The summed E-state index contributed by atoms with van der Waals surface area (Å²) in [7, 11) is 0. The summed E-state index contributed by atoms with van der Waals surface area (Å²) in [6, 6.07) is 18.4. The van der Waals surface area contributed by atoms with Crippen molar-refractivity contribution in [2.75, 3.05) is 6.61 Å². The first-order valence-electron chi connectivity index (χ1n) is 8.51. The van der Waals surface area contributed by atoms with Crippen LogP contribution in [0.4, 0.5) is 0 Å². The molecule has 5 heteroatoms. The minimum atomic E-state index is 0.551. The first-order chi connectivity index (χ1) is 12.9. The second kappa shape index (κ2) is 6.11. The maximum Gasteiger partial charge on any atom is 0.164 e. The normalized spacial score (nSPS) is 14.5. The molecule has 0 unspecified atom stereocenters. The van der Waals surface area contributed by atoms with Crippen molar-refractivity contribution in [1.29, 1.82) is 0 Å². The van der Waals surface area contributed by atoms with Gasteiger partial charge in [-0.1, -0.05) is 48.5 Å². The summed E-state index contributed by atoms with van der Waals surface area (Å²) < 4.78 is 7.79. The van der Waals surface area contributed by atoms with Crippen LogP contribution in [0.5, 0.6) is 5.75 Å². The van der Waals surface area contributed by atoms with Gasteiger partial charge in [-0.15, -0.1) is 0 Å². The summed E-state index contributed by atoms with van der Waals surface area (Å²) in [5.74, 6) is 0.915. The van der Waals surface area contributed by atoms with Gasteiger partial charge in [0.15, 0.2) is 5.65 Å². The van der Waals surface area contributed by atoms with Gasteiger partial charge in [-0.25, -0.2) is 15.0 Å². The summed E-state index contributed by atoms with van der Waals surface area (Å²) >= 11 is 0. The molecule has 2 aromatic carbocycles. The van der Waals surface area contributed by atoms with Crippen LogP contribution in [0.2, 0.25) is 0 Å². The van der Waals surface area contributed by atoms with Crippen LogP contribution in [0.15, 0.2) is 67.3 Å². The average Bonchev–Trinajstić information content (AvgIpc) is 3.28. The molecular weight excluding hydrogens is 324 g/mol. The van der Waals surface area contributed by atoms with E-state index in [1.165, 1.54) is 5.56 Å². The van der Waals surface area contributed by atoms with Gasteiger partial charge < -0.3 is 9.30 Å². The first kappa shape index (κ1) is 14.8. The molecule has 5 rings (SSSR count). The van der Waals surface area contributed by atoms with Crippen LogP contribution in [0.3, 0.4) is 0 Å². The Labute approximate surface area is 150 Å². The zero-order chi connectivity index (χ0) is 17.3. The largest absolute Gasteiger partial charge is 0.488 e.